The first kappa shape index (κ1) is 15.5. The average Bonchev–Trinajstić information content (AvgIpc) is 2.94. The van der Waals surface area contributed by atoms with Crippen molar-refractivity contribution in [2.24, 2.45) is 0 Å². The van der Waals surface area contributed by atoms with Crippen molar-refractivity contribution < 1.29 is 9.59 Å². The van der Waals surface area contributed by atoms with Crippen LogP contribution < -0.4 is 10.6 Å². The summed E-state index contributed by atoms with van der Waals surface area (Å²) in [6.45, 7) is 3.94. The van der Waals surface area contributed by atoms with Crippen LogP contribution in [0.4, 0.5) is 5.69 Å². The fraction of sp³-hybridized carbons (Fsp3) is 0.529. The van der Waals surface area contributed by atoms with Gasteiger partial charge in [0, 0.05) is 24.6 Å². The first-order valence-corrected chi connectivity index (χ1v) is 7.71. The molecule has 1 aliphatic carbocycles. The second-order valence-electron chi connectivity index (χ2n) is 5.86. The monoisotopic (exact) mass is 288 g/mol. The summed E-state index contributed by atoms with van der Waals surface area (Å²) in [5.74, 6) is -0.118. The van der Waals surface area contributed by atoms with E-state index in [1.807, 2.05) is 32.0 Å². The van der Waals surface area contributed by atoms with Gasteiger partial charge in [-0.1, -0.05) is 31.0 Å². The number of amides is 2. The van der Waals surface area contributed by atoms with E-state index in [-0.39, 0.29) is 24.7 Å². The maximum atomic E-state index is 12.0. The molecular weight excluding hydrogens is 264 g/mol. The summed E-state index contributed by atoms with van der Waals surface area (Å²) < 4.78 is 0. The van der Waals surface area contributed by atoms with E-state index >= 15 is 0 Å². The summed E-state index contributed by atoms with van der Waals surface area (Å²) in [6.07, 6.45) is 5.01. The first-order valence-electron chi connectivity index (χ1n) is 7.71. The molecule has 2 N–H and O–H groups in total. The van der Waals surface area contributed by atoms with Gasteiger partial charge in [0.2, 0.25) is 11.8 Å². The van der Waals surface area contributed by atoms with Crippen LogP contribution in [0.5, 0.6) is 0 Å². The van der Waals surface area contributed by atoms with Gasteiger partial charge in [-0.25, -0.2) is 0 Å². The molecule has 4 heteroatoms. The minimum absolute atomic E-state index is 0.0152. The molecule has 1 fully saturated rings. The molecule has 2 rings (SSSR count). The smallest absolute Gasteiger partial charge is 0.224 e. The van der Waals surface area contributed by atoms with Crippen molar-refractivity contribution >= 4 is 17.5 Å². The first-order chi connectivity index (χ1) is 10.1. The molecule has 0 saturated heterocycles. The van der Waals surface area contributed by atoms with Crippen molar-refractivity contribution in [2.45, 2.75) is 58.4 Å². The number of rotatable bonds is 5. The summed E-state index contributed by atoms with van der Waals surface area (Å²) in [7, 11) is 0. The summed E-state index contributed by atoms with van der Waals surface area (Å²) in [5.41, 5.74) is 2.94. The van der Waals surface area contributed by atoms with Crippen LogP contribution in [0.15, 0.2) is 18.2 Å². The Morgan fingerprint density at radius 2 is 1.62 bits per heavy atom. The van der Waals surface area contributed by atoms with E-state index in [9.17, 15) is 9.59 Å². The zero-order valence-electron chi connectivity index (χ0n) is 12.9. The van der Waals surface area contributed by atoms with E-state index in [1.54, 1.807) is 0 Å². The second kappa shape index (κ2) is 7.25. The van der Waals surface area contributed by atoms with Crippen LogP contribution in [-0.2, 0) is 9.59 Å². The Labute approximate surface area is 126 Å². The Kier molecular flexibility index (Phi) is 5.37. The van der Waals surface area contributed by atoms with E-state index in [0.29, 0.717) is 6.04 Å². The highest BCUT2D eigenvalue weighted by Gasteiger charge is 2.17. The number of hydrogen-bond donors (Lipinski definition) is 2. The van der Waals surface area contributed by atoms with Crippen molar-refractivity contribution in [1.29, 1.82) is 0 Å². The molecule has 0 aromatic heterocycles. The summed E-state index contributed by atoms with van der Waals surface area (Å²) in [5, 5.41) is 5.91. The number of hydrogen-bond acceptors (Lipinski definition) is 2. The minimum atomic E-state index is -0.103. The van der Waals surface area contributed by atoms with Crippen LogP contribution in [0, 0.1) is 13.8 Å². The predicted octanol–water partition coefficient (Wildman–Crippen LogP) is 3.08. The topological polar surface area (TPSA) is 58.2 Å². The van der Waals surface area contributed by atoms with E-state index in [1.165, 1.54) is 12.8 Å². The van der Waals surface area contributed by atoms with Gasteiger partial charge in [-0.15, -0.1) is 0 Å². The van der Waals surface area contributed by atoms with Gasteiger partial charge in [0.1, 0.15) is 0 Å². The van der Waals surface area contributed by atoms with Crippen molar-refractivity contribution in [1.82, 2.24) is 5.32 Å². The van der Waals surface area contributed by atoms with E-state index < -0.39 is 0 Å². The highest BCUT2D eigenvalue weighted by molar-refractivity contribution is 5.94. The minimum Gasteiger partial charge on any atom is -0.353 e. The van der Waals surface area contributed by atoms with Gasteiger partial charge < -0.3 is 10.6 Å². The summed E-state index contributed by atoms with van der Waals surface area (Å²) >= 11 is 0. The van der Waals surface area contributed by atoms with Gasteiger partial charge in [-0.2, -0.15) is 0 Å². The fourth-order valence-corrected chi connectivity index (χ4v) is 2.81. The van der Waals surface area contributed by atoms with Gasteiger partial charge in [0.15, 0.2) is 0 Å². The molecule has 4 nitrogen and oxygen atoms in total. The van der Waals surface area contributed by atoms with E-state index in [0.717, 1.165) is 29.7 Å². The number of benzene rings is 1. The molecule has 0 unspecified atom stereocenters. The van der Waals surface area contributed by atoms with Crippen LogP contribution in [0.3, 0.4) is 0 Å². The van der Waals surface area contributed by atoms with Crippen molar-refractivity contribution in [3.8, 4) is 0 Å². The predicted molar refractivity (Wildman–Crippen MR) is 84.2 cm³/mol. The highest BCUT2D eigenvalue weighted by Crippen LogP contribution is 2.20. The molecule has 0 aliphatic heterocycles. The third kappa shape index (κ3) is 4.59. The van der Waals surface area contributed by atoms with Gasteiger partial charge in [-0.3, -0.25) is 9.59 Å². The van der Waals surface area contributed by atoms with Gasteiger partial charge >= 0.3 is 0 Å². The average molecular weight is 288 g/mol. The highest BCUT2D eigenvalue weighted by atomic mass is 16.2. The van der Waals surface area contributed by atoms with Gasteiger partial charge in [-0.05, 0) is 37.8 Å². The normalized spacial score (nSPS) is 15.0. The molecule has 2 amide bonds. The van der Waals surface area contributed by atoms with Crippen LogP contribution >= 0.6 is 0 Å². The Balaban J connectivity index is 1.78. The zero-order chi connectivity index (χ0) is 15.2. The lowest BCUT2D eigenvalue weighted by atomic mass is 10.1. The third-order valence-corrected chi connectivity index (χ3v) is 4.04. The second-order valence-corrected chi connectivity index (χ2v) is 5.86. The molecule has 1 aromatic rings. The standard InChI is InChI=1S/C17H24N2O2/c1-12-6-5-7-13(2)17(12)19-16(21)11-10-15(20)18-14-8-3-4-9-14/h5-7,14H,3-4,8-11H2,1-2H3,(H,18,20)(H,19,21). The number of carbonyl (C=O) groups excluding carboxylic acids is 2. The molecular formula is C17H24N2O2. The van der Waals surface area contributed by atoms with Crippen LogP contribution in [0.25, 0.3) is 0 Å². The molecule has 21 heavy (non-hydrogen) atoms. The van der Waals surface area contributed by atoms with Crippen molar-refractivity contribution in [2.75, 3.05) is 5.32 Å². The third-order valence-electron chi connectivity index (χ3n) is 4.04. The largest absolute Gasteiger partial charge is 0.353 e. The number of aryl methyl sites for hydroxylation is 2. The Hall–Kier alpha value is -1.84. The molecule has 0 heterocycles. The maximum Gasteiger partial charge on any atom is 0.224 e. The Bertz CT molecular complexity index is 499. The molecule has 1 saturated carbocycles. The van der Waals surface area contributed by atoms with Crippen molar-refractivity contribution in [3.63, 3.8) is 0 Å². The lowest BCUT2D eigenvalue weighted by Crippen LogP contribution is -2.33. The fourth-order valence-electron chi connectivity index (χ4n) is 2.81. The Morgan fingerprint density at radius 3 is 2.24 bits per heavy atom. The SMILES string of the molecule is Cc1cccc(C)c1NC(=O)CCC(=O)NC1CCCC1. The van der Waals surface area contributed by atoms with Crippen LogP contribution in [0.2, 0.25) is 0 Å². The molecule has 0 bridgehead atoms. The number of anilines is 1. The molecule has 114 valence electrons. The summed E-state index contributed by atoms with van der Waals surface area (Å²) in [6, 6.07) is 6.22. The molecule has 1 aliphatic rings. The van der Waals surface area contributed by atoms with Crippen LogP contribution in [0.1, 0.15) is 49.7 Å². The van der Waals surface area contributed by atoms with Gasteiger partial charge in [0.05, 0.1) is 0 Å². The molecule has 0 radical (unpaired) electrons. The van der Waals surface area contributed by atoms with Gasteiger partial charge in [0.25, 0.3) is 0 Å². The quantitative estimate of drug-likeness (QED) is 0.874. The lowest BCUT2D eigenvalue weighted by molar-refractivity contribution is -0.124. The van der Waals surface area contributed by atoms with Crippen molar-refractivity contribution in [3.05, 3.63) is 29.3 Å². The van der Waals surface area contributed by atoms with Crippen LogP contribution in [-0.4, -0.2) is 17.9 Å². The molecule has 0 spiro atoms. The maximum absolute atomic E-state index is 12.0. The van der Waals surface area contributed by atoms with E-state index in [2.05, 4.69) is 10.6 Å². The Morgan fingerprint density at radius 1 is 1.05 bits per heavy atom. The number of nitrogens with one attached hydrogen (secondary N) is 2. The zero-order valence-corrected chi connectivity index (χ0v) is 12.9. The lowest BCUT2D eigenvalue weighted by Gasteiger charge is -2.13. The van der Waals surface area contributed by atoms with E-state index in [4.69, 9.17) is 0 Å². The molecule has 1 aromatic carbocycles. The number of carbonyl (C=O) groups is 2. The molecule has 0 atom stereocenters. The number of para-hydroxylation sites is 1. The summed E-state index contributed by atoms with van der Waals surface area (Å²) in [4.78, 5) is 23.8.